The molecular formula is C14H18N2O. The van der Waals surface area contributed by atoms with Crippen LogP contribution in [0.1, 0.15) is 43.2 Å². The molecule has 1 heterocycles. The average Bonchev–Trinajstić information content (AvgIpc) is 2.69. The van der Waals surface area contributed by atoms with E-state index >= 15 is 0 Å². The second-order valence-corrected chi connectivity index (χ2v) is 5.31. The molecule has 0 bridgehead atoms. The molecule has 3 N–H and O–H groups in total. The maximum atomic E-state index is 11.3. The van der Waals surface area contributed by atoms with Crippen LogP contribution in [0.4, 0.5) is 5.69 Å². The quantitative estimate of drug-likeness (QED) is 0.777. The van der Waals surface area contributed by atoms with Gasteiger partial charge in [0.2, 0.25) is 5.91 Å². The summed E-state index contributed by atoms with van der Waals surface area (Å²) in [6.07, 6.45) is 6.35. The van der Waals surface area contributed by atoms with Crippen LogP contribution < -0.4 is 11.1 Å². The van der Waals surface area contributed by atoms with Crippen molar-refractivity contribution < 1.29 is 4.79 Å². The molecule has 0 atom stereocenters. The summed E-state index contributed by atoms with van der Waals surface area (Å²) in [6.45, 7) is 0. The summed E-state index contributed by atoms with van der Waals surface area (Å²) in [5.74, 6) is 0.0897. The Labute approximate surface area is 101 Å². The number of fused-ring (bicyclic) bond motifs is 1. The number of hydrogen-bond donors (Lipinski definition) is 2. The molecule has 0 saturated heterocycles. The van der Waals surface area contributed by atoms with Crippen LogP contribution in [-0.2, 0) is 16.8 Å². The highest BCUT2D eigenvalue weighted by Gasteiger charge is 2.30. The lowest BCUT2D eigenvalue weighted by Gasteiger charge is -2.34. The SMILES string of the molecule is NC1(c2ccc3c(c2)CC(=O)N3)CCCCC1. The van der Waals surface area contributed by atoms with E-state index < -0.39 is 0 Å². The van der Waals surface area contributed by atoms with Gasteiger partial charge in [0.25, 0.3) is 0 Å². The van der Waals surface area contributed by atoms with Crippen LogP contribution in [0.15, 0.2) is 18.2 Å². The molecule has 1 aromatic carbocycles. The zero-order valence-electron chi connectivity index (χ0n) is 9.96. The molecule has 17 heavy (non-hydrogen) atoms. The number of carbonyl (C=O) groups is 1. The lowest BCUT2D eigenvalue weighted by atomic mass is 9.77. The molecule has 1 aliphatic heterocycles. The van der Waals surface area contributed by atoms with Crippen LogP contribution in [-0.4, -0.2) is 5.91 Å². The van der Waals surface area contributed by atoms with Crippen molar-refractivity contribution in [3.05, 3.63) is 29.3 Å². The second-order valence-electron chi connectivity index (χ2n) is 5.31. The first-order valence-electron chi connectivity index (χ1n) is 6.40. The Morgan fingerprint density at radius 3 is 2.71 bits per heavy atom. The van der Waals surface area contributed by atoms with E-state index in [2.05, 4.69) is 17.4 Å². The van der Waals surface area contributed by atoms with Crippen molar-refractivity contribution >= 4 is 11.6 Å². The monoisotopic (exact) mass is 230 g/mol. The minimum Gasteiger partial charge on any atom is -0.326 e. The van der Waals surface area contributed by atoms with Gasteiger partial charge in [0.15, 0.2) is 0 Å². The van der Waals surface area contributed by atoms with Crippen molar-refractivity contribution in [1.29, 1.82) is 0 Å². The van der Waals surface area contributed by atoms with E-state index in [4.69, 9.17) is 5.73 Å². The third kappa shape index (κ3) is 1.84. The molecule has 0 unspecified atom stereocenters. The Bertz CT molecular complexity index is 461. The van der Waals surface area contributed by atoms with E-state index in [0.29, 0.717) is 6.42 Å². The smallest absolute Gasteiger partial charge is 0.228 e. The molecule has 2 aliphatic rings. The minimum atomic E-state index is -0.168. The predicted molar refractivity (Wildman–Crippen MR) is 67.7 cm³/mol. The summed E-state index contributed by atoms with van der Waals surface area (Å²) in [5.41, 5.74) is 9.59. The number of nitrogens with one attached hydrogen (secondary N) is 1. The van der Waals surface area contributed by atoms with E-state index in [1.165, 1.54) is 24.8 Å². The van der Waals surface area contributed by atoms with Gasteiger partial charge in [-0.2, -0.15) is 0 Å². The third-order valence-corrected chi connectivity index (χ3v) is 4.05. The van der Waals surface area contributed by atoms with Gasteiger partial charge < -0.3 is 11.1 Å². The van der Waals surface area contributed by atoms with Crippen molar-refractivity contribution in [2.75, 3.05) is 5.32 Å². The average molecular weight is 230 g/mol. The summed E-state index contributed by atoms with van der Waals surface area (Å²) < 4.78 is 0. The van der Waals surface area contributed by atoms with Crippen molar-refractivity contribution in [1.82, 2.24) is 0 Å². The zero-order valence-corrected chi connectivity index (χ0v) is 9.96. The molecule has 3 rings (SSSR count). The molecule has 90 valence electrons. The van der Waals surface area contributed by atoms with Gasteiger partial charge in [0.1, 0.15) is 0 Å². The predicted octanol–water partition coefficient (Wildman–Crippen LogP) is 2.30. The van der Waals surface area contributed by atoms with Gasteiger partial charge >= 0.3 is 0 Å². The molecule has 0 aromatic heterocycles. The van der Waals surface area contributed by atoms with E-state index in [9.17, 15) is 4.79 Å². The van der Waals surface area contributed by atoms with Gasteiger partial charge in [-0.3, -0.25) is 4.79 Å². The molecule has 1 fully saturated rings. The number of anilines is 1. The Hall–Kier alpha value is -1.35. The molecule has 0 spiro atoms. The topological polar surface area (TPSA) is 55.1 Å². The zero-order chi connectivity index (χ0) is 11.9. The van der Waals surface area contributed by atoms with Crippen LogP contribution in [0.5, 0.6) is 0 Å². The second kappa shape index (κ2) is 3.84. The van der Waals surface area contributed by atoms with Gasteiger partial charge in [0, 0.05) is 11.2 Å². The van der Waals surface area contributed by atoms with Crippen LogP contribution >= 0.6 is 0 Å². The van der Waals surface area contributed by atoms with Crippen LogP contribution in [0, 0.1) is 0 Å². The van der Waals surface area contributed by atoms with Crippen molar-refractivity contribution in [2.24, 2.45) is 5.73 Å². The van der Waals surface area contributed by atoms with Gasteiger partial charge in [-0.1, -0.05) is 31.4 Å². The van der Waals surface area contributed by atoms with Gasteiger partial charge in [-0.05, 0) is 30.0 Å². The molecule has 3 nitrogen and oxygen atoms in total. The number of hydrogen-bond acceptors (Lipinski definition) is 2. The number of nitrogens with two attached hydrogens (primary N) is 1. The Morgan fingerprint density at radius 2 is 1.94 bits per heavy atom. The first kappa shape index (κ1) is 10.8. The summed E-state index contributed by atoms with van der Waals surface area (Å²) in [6, 6.07) is 6.20. The fourth-order valence-corrected chi connectivity index (χ4v) is 3.01. The van der Waals surface area contributed by atoms with Gasteiger partial charge in [0.05, 0.1) is 6.42 Å². The minimum absolute atomic E-state index is 0.0897. The summed E-state index contributed by atoms with van der Waals surface area (Å²) in [7, 11) is 0. The Kier molecular flexibility index (Phi) is 2.44. The fraction of sp³-hybridized carbons (Fsp3) is 0.500. The molecule has 0 radical (unpaired) electrons. The van der Waals surface area contributed by atoms with Crippen LogP contribution in [0.2, 0.25) is 0 Å². The molecule has 1 saturated carbocycles. The van der Waals surface area contributed by atoms with Gasteiger partial charge in [-0.25, -0.2) is 0 Å². The fourth-order valence-electron chi connectivity index (χ4n) is 3.01. The van der Waals surface area contributed by atoms with E-state index in [1.54, 1.807) is 0 Å². The summed E-state index contributed by atoms with van der Waals surface area (Å²) in [4.78, 5) is 11.3. The van der Waals surface area contributed by atoms with Crippen molar-refractivity contribution in [3.63, 3.8) is 0 Å². The van der Waals surface area contributed by atoms with Crippen molar-refractivity contribution in [3.8, 4) is 0 Å². The molecule has 1 aliphatic carbocycles. The highest BCUT2D eigenvalue weighted by molar-refractivity contribution is 5.99. The number of carbonyl (C=O) groups excluding carboxylic acids is 1. The lowest BCUT2D eigenvalue weighted by Crippen LogP contribution is -2.38. The largest absolute Gasteiger partial charge is 0.326 e. The summed E-state index contributed by atoms with van der Waals surface area (Å²) in [5, 5.41) is 2.86. The van der Waals surface area contributed by atoms with Crippen LogP contribution in [0.3, 0.4) is 0 Å². The molecule has 3 heteroatoms. The lowest BCUT2D eigenvalue weighted by molar-refractivity contribution is -0.115. The highest BCUT2D eigenvalue weighted by atomic mass is 16.1. The number of benzene rings is 1. The standard InChI is InChI=1S/C14H18N2O/c15-14(6-2-1-3-7-14)11-4-5-12-10(8-11)9-13(17)16-12/h4-5,8H,1-3,6-7,9,15H2,(H,16,17). The Balaban J connectivity index is 1.94. The number of amides is 1. The summed E-state index contributed by atoms with van der Waals surface area (Å²) >= 11 is 0. The molecule has 1 aromatic rings. The highest BCUT2D eigenvalue weighted by Crippen LogP contribution is 2.37. The number of rotatable bonds is 1. The molecular weight excluding hydrogens is 212 g/mol. The van der Waals surface area contributed by atoms with E-state index in [0.717, 1.165) is 24.1 Å². The first-order chi connectivity index (χ1) is 8.17. The van der Waals surface area contributed by atoms with E-state index in [-0.39, 0.29) is 11.4 Å². The van der Waals surface area contributed by atoms with Crippen LogP contribution in [0.25, 0.3) is 0 Å². The molecule has 1 amide bonds. The first-order valence-corrected chi connectivity index (χ1v) is 6.40. The maximum Gasteiger partial charge on any atom is 0.228 e. The van der Waals surface area contributed by atoms with Crippen molar-refractivity contribution in [2.45, 2.75) is 44.1 Å². The third-order valence-electron chi connectivity index (χ3n) is 4.05. The normalized spacial score (nSPS) is 22.1. The Morgan fingerprint density at radius 1 is 1.18 bits per heavy atom. The van der Waals surface area contributed by atoms with E-state index in [1.807, 2.05) is 6.07 Å². The van der Waals surface area contributed by atoms with Gasteiger partial charge in [-0.15, -0.1) is 0 Å². The maximum absolute atomic E-state index is 11.3.